The smallest absolute Gasteiger partial charge is 0.187 e. The maximum atomic E-state index is 5.91. The van der Waals surface area contributed by atoms with Gasteiger partial charge in [-0.3, -0.25) is 10.4 Å². The Bertz CT molecular complexity index is 694. The van der Waals surface area contributed by atoms with Gasteiger partial charge in [-0.1, -0.05) is 24.3 Å². The van der Waals surface area contributed by atoms with Crippen LogP contribution >= 0.6 is 12.2 Å². The van der Waals surface area contributed by atoms with Gasteiger partial charge >= 0.3 is 0 Å². The Morgan fingerprint density at radius 1 is 1.50 bits per heavy atom. The van der Waals surface area contributed by atoms with Crippen LogP contribution in [0.25, 0.3) is 0 Å². The molecule has 1 atom stereocenters. The predicted octanol–water partition coefficient (Wildman–Crippen LogP) is 2.98. The van der Waals surface area contributed by atoms with E-state index in [0.717, 1.165) is 30.6 Å². The third-order valence-electron chi connectivity index (χ3n) is 3.73. The van der Waals surface area contributed by atoms with Crippen LogP contribution in [-0.4, -0.2) is 22.4 Å². The van der Waals surface area contributed by atoms with E-state index in [1.54, 1.807) is 18.6 Å². The number of hydrogen-bond acceptors (Lipinski definition) is 4. The molecule has 1 aromatic rings. The Morgan fingerprint density at radius 2 is 2.46 bits per heavy atom. The Labute approximate surface area is 147 Å². The zero-order chi connectivity index (χ0) is 16.6. The van der Waals surface area contributed by atoms with Gasteiger partial charge in [0.05, 0.1) is 6.21 Å². The minimum atomic E-state index is -0.0413. The second kappa shape index (κ2) is 8.40. The van der Waals surface area contributed by atoms with Gasteiger partial charge < -0.3 is 10.1 Å². The number of pyridine rings is 1. The summed E-state index contributed by atoms with van der Waals surface area (Å²) in [5, 5.41) is 7.71. The fourth-order valence-corrected chi connectivity index (χ4v) is 2.62. The van der Waals surface area contributed by atoms with Crippen molar-refractivity contribution in [2.45, 2.75) is 31.9 Å². The van der Waals surface area contributed by atoms with E-state index in [9.17, 15) is 0 Å². The molecule has 2 aliphatic rings. The normalized spacial score (nSPS) is 19.6. The van der Waals surface area contributed by atoms with Gasteiger partial charge in [0.2, 0.25) is 0 Å². The Hall–Kier alpha value is -2.47. The van der Waals surface area contributed by atoms with Gasteiger partial charge in [-0.05, 0) is 48.3 Å². The maximum absolute atomic E-state index is 5.91. The number of nitrogens with zero attached hydrogens (tertiary/aromatic N) is 2. The van der Waals surface area contributed by atoms with Crippen molar-refractivity contribution >= 4 is 23.5 Å². The number of ether oxygens (including phenoxy) is 1. The lowest BCUT2D eigenvalue weighted by molar-refractivity contribution is 0.207. The molecule has 1 aromatic heterocycles. The Kier molecular flexibility index (Phi) is 5.74. The third kappa shape index (κ3) is 4.76. The SMILES string of the molecule is S=C(NCc1cccnc1)N/N=C/C1CC=C(C2=CC=CCC2)O1. The molecule has 0 radical (unpaired) electrons. The summed E-state index contributed by atoms with van der Waals surface area (Å²) in [6.07, 6.45) is 16.7. The zero-order valence-corrected chi connectivity index (χ0v) is 14.1. The topological polar surface area (TPSA) is 58.5 Å². The molecule has 1 aliphatic carbocycles. The average Bonchev–Trinajstić information content (AvgIpc) is 3.11. The van der Waals surface area contributed by atoms with Crippen LogP contribution in [0.15, 0.2) is 65.3 Å². The van der Waals surface area contributed by atoms with Gasteiger partial charge in [0.15, 0.2) is 5.11 Å². The Morgan fingerprint density at radius 3 is 3.25 bits per heavy atom. The van der Waals surface area contributed by atoms with Crippen LogP contribution in [-0.2, 0) is 11.3 Å². The summed E-state index contributed by atoms with van der Waals surface area (Å²) in [7, 11) is 0. The number of rotatable bonds is 5. The molecule has 0 spiro atoms. The van der Waals surface area contributed by atoms with Crippen LogP contribution in [0.5, 0.6) is 0 Å². The summed E-state index contributed by atoms with van der Waals surface area (Å²) >= 11 is 5.19. The second-order valence-corrected chi connectivity index (χ2v) is 5.96. The summed E-state index contributed by atoms with van der Waals surface area (Å²) in [4.78, 5) is 4.06. The van der Waals surface area contributed by atoms with Crippen LogP contribution in [0.1, 0.15) is 24.8 Å². The largest absolute Gasteiger partial charge is 0.484 e. The van der Waals surface area contributed by atoms with E-state index >= 15 is 0 Å². The van der Waals surface area contributed by atoms with Crippen LogP contribution in [0, 0.1) is 0 Å². The molecule has 0 saturated carbocycles. The highest BCUT2D eigenvalue weighted by Gasteiger charge is 2.19. The number of hydrogen-bond donors (Lipinski definition) is 2. The molecule has 2 heterocycles. The van der Waals surface area contributed by atoms with E-state index in [1.165, 1.54) is 5.57 Å². The molecule has 0 fully saturated rings. The van der Waals surface area contributed by atoms with Crippen molar-refractivity contribution in [1.29, 1.82) is 0 Å². The molecular formula is C18H20N4OS. The quantitative estimate of drug-likeness (QED) is 0.490. The van der Waals surface area contributed by atoms with Crippen LogP contribution in [0.2, 0.25) is 0 Å². The van der Waals surface area contributed by atoms with Crippen molar-refractivity contribution in [1.82, 2.24) is 15.7 Å². The summed E-state index contributed by atoms with van der Waals surface area (Å²) in [6.45, 7) is 0.614. The highest BCUT2D eigenvalue weighted by atomic mass is 32.1. The van der Waals surface area contributed by atoms with Gasteiger partial charge in [-0.2, -0.15) is 5.10 Å². The molecule has 1 aliphatic heterocycles. The predicted molar refractivity (Wildman–Crippen MR) is 99.3 cm³/mol. The lowest BCUT2D eigenvalue weighted by atomic mass is 10.0. The standard InChI is InChI=1S/C18H20N4OS/c24-18(20-12-14-5-4-10-19-11-14)22-21-13-16-8-9-17(23-16)15-6-2-1-3-7-15/h1-2,4-6,9-11,13,16H,3,7-8,12H2,(H2,20,22,24)/b21-13+. The van der Waals surface area contributed by atoms with Crippen LogP contribution in [0.3, 0.4) is 0 Å². The van der Waals surface area contributed by atoms with Crippen molar-refractivity contribution in [2.75, 3.05) is 0 Å². The van der Waals surface area contributed by atoms with E-state index in [-0.39, 0.29) is 6.10 Å². The van der Waals surface area contributed by atoms with E-state index < -0.39 is 0 Å². The zero-order valence-electron chi connectivity index (χ0n) is 13.3. The molecule has 6 heteroatoms. The van der Waals surface area contributed by atoms with Crippen molar-refractivity contribution < 1.29 is 4.74 Å². The van der Waals surface area contributed by atoms with E-state index in [1.807, 2.05) is 12.1 Å². The molecule has 0 saturated heterocycles. The van der Waals surface area contributed by atoms with Gasteiger partial charge in [0, 0.05) is 25.4 Å². The first-order valence-electron chi connectivity index (χ1n) is 8.00. The molecule has 3 rings (SSSR count). The van der Waals surface area contributed by atoms with Gasteiger partial charge in [0.1, 0.15) is 11.9 Å². The lowest BCUT2D eigenvalue weighted by Gasteiger charge is -2.13. The number of nitrogens with one attached hydrogen (secondary N) is 2. The summed E-state index contributed by atoms with van der Waals surface area (Å²) < 4.78 is 5.91. The maximum Gasteiger partial charge on any atom is 0.187 e. The highest BCUT2D eigenvalue weighted by Crippen LogP contribution is 2.27. The second-order valence-electron chi connectivity index (χ2n) is 5.55. The number of hydrazone groups is 1. The number of thiocarbonyl (C=S) groups is 1. The molecular weight excluding hydrogens is 320 g/mol. The Balaban J connectivity index is 1.38. The monoisotopic (exact) mass is 340 g/mol. The summed E-state index contributed by atoms with van der Waals surface area (Å²) in [5.74, 6) is 0.980. The van der Waals surface area contributed by atoms with Crippen molar-refractivity contribution in [2.24, 2.45) is 5.10 Å². The van der Waals surface area contributed by atoms with Gasteiger partial charge in [-0.15, -0.1) is 0 Å². The molecule has 124 valence electrons. The van der Waals surface area contributed by atoms with Crippen molar-refractivity contribution in [3.05, 3.63) is 65.7 Å². The first-order chi connectivity index (χ1) is 11.8. The van der Waals surface area contributed by atoms with Crippen LogP contribution < -0.4 is 10.7 Å². The fourth-order valence-electron chi connectivity index (χ4n) is 2.49. The molecule has 1 unspecified atom stereocenters. The molecule has 0 aromatic carbocycles. The summed E-state index contributed by atoms with van der Waals surface area (Å²) in [5.41, 5.74) is 5.14. The first kappa shape index (κ1) is 16.4. The average molecular weight is 340 g/mol. The fraction of sp³-hybridized carbons (Fsp3) is 0.278. The van der Waals surface area contributed by atoms with Crippen molar-refractivity contribution in [3.8, 4) is 0 Å². The van der Waals surface area contributed by atoms with E-state index in [4.69, 9.17) is 17.0 Å². The number of allylic oxidation sites excluding steroid dienone is 4. The van der Waals surface area contributed by atoms with Gasteiger partial charge in [-0.25, -0.2) is 0 Å². The minimum Gasteiger partial charge on any atom is -0.484 e. The van der Waals surface area contributed by atoms with E-state index in [2.05, 4.69) is 45.1 Å². The molecule has 5 nitrogen and oxygen atoms in total. The molecule has 0 amide bonds. The van der Waals surface area contributed by atoms with Crippen LogP contribution in [0.4, 0.5) is 0 Å². The summed E-state index contributed by atoms with van der Waals surface area (Å²) in [6, 6.07) is 3.88. The number of aromatic nitrogens is 1. The molecule has 0 bridgehead atoms. The van der Waals surface area contributed by atoms with Gasteiger partial charge in [0.25, 0.3) is 0 Å². The molecule has 24 heavy (non-hydrogen) atoms. The first-order valence-corrected chi connectivity index (χ1v) is 8.41. The lowest BCUT2D eigenvalue weighted by Crippen LogP contribution is -2.32. The highest BCUT2D eigenvalue weighted by molar-refractivity contribution is 7.80. The van der Waals surface area contributed by atoms with Crippen molar-refractivity contribution in [3.63, 3.8) is 0 Å². The minimum absolute atomic E-state index is 0.0413. The van der Waals surface area contributed by atoms with E-state index in [0.29, 0.717) is 11.7 Å². The molecule has 2 N–H and O–H groups in total. The third-order valence-corrected chi connectivity index (χ3v) is 3.96.